The predicted octanol–water partition coefficient (Wildman–Crippen LogP) is 2.78. The first-order valence-corrected chi connectivity index (χ1v) is 8.27. The largest absolute Gasteiger partial charge is 0.338 e. The van der Waals surface area contributed by atoms with Gasteiger partial charge in [0.2, 0.25) is 5.91 Å². The van der Waals surface area contributed by atoms with E-state index in [2.05, 4.69) is 30.7 Å². The van der Waals surface area contributed by atoms with Crippen molar-refractivity contribution in [2.24, 2.45) is 5.92 Å². The molecule has 2 heterocycles. The standard InChI is InChI=1S/C15H25N3OS/c1-11(2)18-7-5-13(6-8-18)15(19)17(4)12(3)14-9-16-10-20-14/h9-13H,5-8H2,1-4H3/t12-/m0/s1. The van der Waals surface area contributed by atoms with Gasteiger partial charge in [0.25, 0.3) is 0 Å². The number of nitrogens with zero attached hydrogens (tertiary/aromatic N) is 3. The number of carbonyl (C=O) groups excluding carboxylic acids is 1. The first-order valence-electron chi connectivity index (χ1n) is 7.39. The molecule has 1 saturated heterocycles. The third kappa shape index (κ3) is 3.38. The Morgan fingerprint density at radius 1 is 1.40 bits per heavy atom. The van der Waals surface area contributed by atoms with Crippen LogP contribution in [0.4, 0.5) is 0 Å². The Hall–Kier alpha value is -0.940. The minimum absolute atomic E-state index is 0.123. The van der Waals surface area contributed by atoms with E-state index >= 15 is 0 Å². The highest BCUT2D eigenvalue weighted by Crippen LogP contribution is 2.27. The van der Waals surface area contributed by atoms with Gasteiger partial charge in [-0.2, -0.15) is 0 Å². The smallest absolute Gasteiger partial charge is 0.226 e. The zero-order valence-corrected chi connectivity index (χ0v) is 13.7. The molecule has 0 spiro atoms. The molecule has 0 N–H and O–H groups in total. The van der Waals surface area contributed by atoms with Crippen LogP contribution in [-0.2, 0) is 4.79 Å². The van der Waals surface area contributed by atoms with Crippen LogP contribution in [0.1, 0.15) is 44.5 Å². The van der Waals surface area contributed by atoms with Gasteiger partial charge in [-0.15, -0.1) is 11.3 Å². The maximum absolute atomic E-state index is 12.6. The van der Waals surface area contributed by atoms with Crippen LogP contribution in [0.15, 0.2) is 11.7 Å². The van der Waals surface area contributed by atoms with Crippen LogP contribution >= 0.6 is 11.3 Å². The Bertz CT molecular complexity index is 424. The van der Waals surface area contributed by atoms with E-state index in [1.807, 2.05) is 23.7 Å². The van der Waals surface area contributed by atoms with Gasteiger partial charge in [-0.1, -0.05) is 0 Å². The summed E-state index contributed by atoms with van der Waals surface area (Å²) in [5, 5.41) is 0. The number of rotatable bonds is 4. The molecule has 1 atom stereocenters. The van der Waals surface area contributed by atoms with Crippen molar-refractivity contribution in [3.63, 3.8) is 0 Å². The van der Waals surface area contributed by atoms with E-state index in [0.29, 0.717) is 6.04 Å². The lowest BCUT2D eigenvalue weighted by atomic mass is 9.94. The second-order valence-electron chi connectivity index (χ2n) is 5.93. The molecule has 1 amide bonds. The van der Waals surface area contributed by atoms with Gasteiger partial charge in [0, 0.05) is 30.1 Å². The summed E-state index contributed by atoms with van der Waals surface area (Å²) in [7, 11) is 1.92. The van der Waals surface area contributed by atoms with E-state index < -0.39 is 0 Å². The molecule has 112 valence electrons. The average Bonchev–Trinajstić information content (AvgIpc) is 2.99. The molecule has 1 aliphatic heterocycles. The molecule has 1 aromatic heterocycles. The fourth-order valence-electron chi connectivity index (χ4n) is 2.76. The lowest BCUT2D eigenvalue weighted by molar-refractivity contribution is -0.137. The van der Waals surface area contributed by atoms with Crippen LogP contribution in [0.25, 0.3) is 0 Å². The second kappa shape index (κ2) is 6.68. The van der Waals surface area contributed by atoms with E-state index in [1.165, 1.54) is 0 Å². The number of hydrogen-bond acceptors (Lipinski definition) is 4. The number of hydrogen-bond donors (Lipinski definition) is 0. The Kier molecular flexibility index (Phi) is 5.16. The third-order valence-corrected chi connectivity index (χ3v) is 5.35. The molecule has 1 aliphatic rings. The summed E-state index contributed by atoms with van der Waals surface area (Å²) in [4.78, 5) is 22.2. The Morgan fingerprint density at radius 2 is 2.05 bits per heavy atom. The van der Waals surface area contributed by atoms with Gasteiger partial charge < -0.3 is 9.80 Å². The van der Waals surface area contributed by atoms with Gasteiger partial charge in [-0.05, 0) is 46.7 Å². The predicted molar refractivity (Wildman–Crippen MR) is 82.7 cm³/mol. The summed E-state index contributed by atoms with van der Waals surface area (Å²) < 4.78 is 0. The maximum atomic E-state index is 12.6. The Labute approximate surface area is 125 Å². The molecule has 20 heavy (non-hydrogen) atoms. The molecule has 4 nitrogen and oxygen atoms in total. The molecule has 0 radical (unpaired) electrons. The Balaban J connectivity index is 1.91. The van der Waals surface area contributed by atoms with Gasteiger partial charge >= 0.3 is 0 Å². The van der Waals surface area contributed by atoms with Crippen molar-refractivity contribution in [3.05, 3.63) is 16.6 Å². The zero-order chi connectivity index (χ0) is 14.7. The van der Waals surface area contributed by atoms with Crippen molar-refractivity contribution in [2.45, 2.75) is 45.7 Å². The lowest BCUT2D eigenvalue weighted by Crippen LogP contribution is -2.44. The minimum atomic E-state index is 0.123. The number of piperidine rings is 1. The monoisotopic (exact) mass is 295 g/mol. The van der Waals surface area contributed by atoms with Gasteiger partial charge in [0.15, 0.2) is 0 Å². The minimum Gasteiger partial charge on any atom is -0.338 e. The van der Waals surface area contributed by atoms with E-state index in [1.54, 1.807) is 11.3 Å². The van der Waals surface area contributed by atoms with Crippen LogP contribution in [0.2, 0.25) is 0 Å². The van der Waals surface area contributed by atoms with Crippen LogP contribution in [0, 0.1) is 5.92 Å². The summed E-state index contributed by atoms with van der Waals surface area (Å²) in [6.45, 7) is 8.60. The molecule has 5 heteroatoms. The first kappa shape index (κ1) is 15.4. The average molecular weight is 295 g/mol. The van der Waals surface area contributed by atoms with Crippen LogP contribution in [0.3, 0.4) is 0 Å². The second-order valence-corrected chi connectivity index (χ2v) is 6.85. The van der Waals surface area contributed by atoms with Crippen molar-refractivity contribution in [1.82, 2.24) is 14.8 Å². The molecule has 0 saturated carbocycles. The van der Waals surface area contributed by atoms with E-state index in [-0.39, 0.29) is 17.9 Å². The molecule has 1 fully saturated rings. The van der Waals surface area contributed by atoms with Crippen LogP contribution in [-0.4, -0.2) is 46.9 Å². The van der Waals surface area contributed by atoms with Crippen molar-refractivity contribution < 1.29 is 4.79 Å². The number of amides is 1. The quantitative estimate of drug-likeness (QED) is 0.857. The summed E-state index contributed by atoms with van der Waals surface area (Å²) in [5.74, 6) is 0.472. The van der Waals surface area contributed by atoms with Gasteiger partial charge in [-0.3, -0.25) is 9.78 Å². The highest BCUT2D eigenvalue weighted by Gasteiger charge is 2.30. The number of thiazole rings is 1. The third-order valence-electron chi connectivity index (χ3n) is 4.40. The molecule has 2 rings (SSSR count). The van der Waals surface area contributed by atoms with Crippen LogP contribution < -0.4 is 0 Å². The number of carbonyl (C=O) groups is 1. The maximum Gasteiger partial charge on any atom is 0.226 e. The van der Waals surface area contributed by atoms with E-state index in [4.69, 9.17) is 0 Å². The van der Waals surface area contributed by atoms with Gasteiger partial charge in [-0.25, -0.2) is 0 Å². The number of likely N-dealkylation sites (tertiary alicyclic amines) is 1. The van der Waals surface area contributed by atoms with Gasteiger partial charge in [0.1, 0.15) is 0 Å². The first-order chi connectivity index (χ1) is 9.50. The summed E-state index contributed by atoms with van der Waals surface area (Å²) in [6, 6.07) is 0.707. The van der Waals surface area contributed by atoms with Crippen molar-refractivity contribution in [2.75, 3.05) is 20.1 Å². The van der Waals surface area contributed by atoms with Crippen molar-refractivity contribution in [1.29, 1.82) is 0 Å². The van der Waals surface area contributed by atoms with Crippen molar-refractivity contribution >= 4 is 17.2 Å². The fraction of sp³-hybridized carbons (Fsp3) is 0.733. The van der Waals surface area contributed by atoms with Crippen molar-refractivity contribution in [3.8, 4) is 0 Å². The van der Waals surface area contributed by atoms with E-state index in [9.17, 15) is 4.79 Å². The molecule has 0 bridgehead atoms. The van der Waals surface area contributed by atoms with Crippen LogP contribution in [0.5, 0.6) is 0 Å². The van der Waals surface area contributed by atoms with E-state index in [0.717, 1.165) is 30.8 Å². The molecule has 0 unspecified atom stereocenters. The summed E-state index contributed by atoms with van der Waals surface area (Å²) >= 11 is 1.61. The summed E-state index contributed by atoms with van der Waals surface area (Å²) in [5.41, 5.74) is 1.82. The fourth-order valence-corrected chi connectivity index (χ4v) is 3.48. The molecular weight excluding hydrogens is 270 g/mol. The molecule has 1 aromatic rings. The van der Waals surface area contributed by atoms with Gasteiger partial charge in [0.05, 0.1) is 11.6 Å². The SMILES string of the molecule is CC(C)N1CCC(C(=O)N(C)[C@@H](C)c2cncs2)CC1. The normalized spacial score (nSPS) is 19.2. The molecular formula is C15H25N3OS. The highest BCUT2D eigenvalue weighted by atomic mass is 32.1. The Morgan fingerprint density at radius 3 is 2.55 bits per heavy atom. The lowest BCUT2D eigenvalue weighted by Gasteiger charge is -2.36. The highest BCUT2D eigenvalue weighted by molar-refractivity contribution is 7.09. The molecule has 0 aromatic carbocycles. The zero-order valence-electron chi connectivity index (χ0n) is 12.9. The topological polar surface area (TPSA) is 36.4 Å². The number of aromatic nitrogens is 1. The summed E-state index contributed by atoms with van der Waals surface area (Å²) in [6.07, 6.45) is 3.83. The molecule has 0 aliphatic carbocycles.